The molecule has 0 spiro atoms. The lowest BCUT2D eigenvalue weighted by molar-refractivity contribution is -0.142. The zero-order valence-corrected chi connectivity index (χ0v) is 15.9. The van der Waals surface area contributed by atoms with Gasteiger partial charge in [-0.05, 0) is 30.9 Å². The van der Waals surface area contributed by atoms with E-state index in [0.717, 1.165) is 30.5 Å². The van der Waals surface area contributed by atoms with Crippen LogP contribution in [-0.4, -0.2) is 60.2 Å². The average molecular weight is 369 g/mol. The minimum atomic E-state index is -0.284. The van der Waals surface area contributed by atoms with E-state index in [1.807, 2.05) is 34.1 Å². The van der Waals surface area contributed by atoms with Crippen molar-refractivity contribution in [2.45, 2.75) is 32.6 Å². The summed E-state index contributed by atoms with van der Waals surface area (Å²) >= 11 is 0. The van der Waals surface area contributed by atoms with E-state index in [1.54, 1.807) is 4.90 Å². The molecule has 6 nitrogen and oxygen atoms in total. The molecule has 4 rings (SSSR count). The van der Waals surface area contributed by atoms with Gasteiger partial charge in [-0.15, -0.1) is 0 Å². The van der Waals surface area contributed by atoms with Gasteiger partial charge in [-0.1, -0.05) is 25.1 Å². The molecule has 1 aromatic carbocycles. The van der Waals surface area contributed by atoms with E-state index in [-0.39, 0.29) is 36.0 Å². The van der Waals surface area contributed by atoms with Crippen LogP contribution >= 0.6 is 0 Å². The molecule has 1 atom stereocenters. The van der Waals surface area contributed by atoms with E-state index in [4.69, 9.17) is 0 Å². The molecule has 2 saturated heterocycles. The lowest BCUT2D eigenvalue weighted by atomic mass is 10.1. The molecule has 3 aliphatic rings. The zero-order valence-electron chi connectivity index (χ0n) is 15.9. The van der Waals surface area contributed by atoms with Crippen molar-refractivity contribution in [2.24, 2.45) is 11.8 Å². The van der Waals surface area contributed by atoms with E-state index in [9.17, 15) is 14.4 Å². The van der Waals surface area contributed by atoms with Crippen LogP contribution in [0.1, 0.15) is 31.7 Å². The SMILES string of the molecule is CCc1ccccc1N1C[C@@H](C(=O)N2CCN(C(=O)C3CC3)CC2)CC1=O. The first-order valence-electron chi connectivity index (χ1n) is 10.0. The Bertz CT molecular complexity index is 751. The third-order valence-corrected chi connectivity index (χ3v) is 5.97. The molecule has 6 heteroatoms. The van der Waals surface area contributed by atoms with Gasteiger partial charge in [0, 0.05) is 50.7 Å². The number of anilines is 1. The van der Waals surface area contributed by atoms with Gasteiger partial charge >= 0.3 is 0 Å². The summed E-state index contributed by atoms with van der Waals surface area (Å²) in [4.78, 5) is 43.2. The van der Waals surface area contributed by atoms with Crippen molar-refractivity contribution < 1.29 is 14.4 Å². The number of rotatable bonds is 4. The Morgan fingerprint density at radius 2 is 1.56 bits per heavy atom. The molecule has 144 valence electrons. The number of carbonyl (C=O) groups excluding carboxylic acids is 3. The number of para-hydroxylation sites is 1. The predicted octanol–water partition coefficient (Wildman–Crippen LogP) is 1.68. The summed E-state index contributed by atoms with van der Waals surface area (Å²) in [6, 6.07) is 7.92. The molecule has 1 aliphatic carbocycles. The van der Waals surface area contributed by atoms with Crippen molar-refractivity contribution in [3.05, 3.63) is 29.8 Å². The normalized spacial score (nSPS) is 23.1. The number of piperazine rings is 1. The molecule has 0 radical (unpaired) electrons. The molecule has 2 heterocycles. The van der Waals surface area contributed by atoms with Crippen LogP contribution in [0.3, 0.4) is 0 Å². The fourth-order valence-corrected chi connectivity index (χ4v) is 4.17. The van der Waals surface area contributed by atoms with E-state index in [0.29, 0.717) is 32.7 Å². The fraction of sp³-hybridized carbons (Fsp3) is 0.571. The number of hydrogen-bond donors (Lipinski definition) is 0. The van der Waals surface area contributed by atoms with Crippen LogP contribution in [0.25, 0.3) is 0 Å². The lowest BCUT2D eigenvalue weighted by Crippen LogP contribution is -2.52. The number of benzene rings is 1. The maximum Gasteiger partial charge on any atom is 0.228 e. The molecule has 1 aromatic rings. The second-order valence-electron chi connectivity index (χ2n) is 7.81. The molecular weight excluding hydrogens is 342 g/mol. The van der Waals surface area contributed by atoms with Gasteiger partial charge in [-0.2, -0.15) is 0 Å². The third-order valence-electron chi connectivity index (χ3n) is 5.97. The first-order valence-corrected chi connectivity index (χ1v) is 10.0. The van der Waals surface area contributed by atoms with Gasteiger partial charge in [-0.3, -0.25) is 14.4 Å². The van der Waals surface area contributed by atoms with Crippen molar-refractivity contribution in [1.29, 1.82) is 0 Å². The van der Waals surface area contributed by atoms with Crippen LogP contribution in [0, 0.1) is 11.8 Å². The molecule has 0 aromatic heterocycles. The van der Waals surface area contributed by atoms with Crippen molar-refractivity contribution in [3.8, 4) is 0 Å². The zero-order chi connectivity index (χ0) is 19.0. The molecular formula is C21H27N3O3. The summed E-state index contributed by atoms with van der Waals surface area (Å²) in [6.07, 6.45) is 3.15. The standard InChI is InChI=1S/C21H27N3O3/c1-2-15-5-3-4-6-18(15)24-14-17(13-19(24)25)21(27)23-11-9-22(10-12-23)20(26)16-7-8-16/h3-6,16-17H,2,7-14H2,1H3/t17-/m0/s1. The van der Waals surface area contributed by atoms with E-state index >= 15 is 0 Å². The number of carbonyl (C=O) groups is 3. The van der Waals surface area contributed by atoms with E-state index in [1.165, 1.54) is 0 Å². The van der Waals surface area contributed by atoms with Crippen LogP contribution in [0.2, 0.25) is 0 Å². The number of nitrogens with zero attached hydrogens (tertiary/aromatic N) is 3. The predicted molar refractivity (Wildman–Crippen MR) is 102 cm³/mol. The van der Waals surface area contributed by atoms with Crippen LogP contribution in [0.5, 0.6) is 0 Å². The average Bonchev–Trinajstić information content (AvgIpc) is 3.49. The first kappa shape index (κ1) is 18.0. The third kappa shape index (κ3) is 3.57. The van der Waals surface area contributed by atoms with Crippen molar-refractivity contribution in [2.75, 3.05) is 37.6 Å². The highest BCUT2D eigenvalue weighted by Crippen LogP contribution is 2.32. The molecule has 0 unspecified atom stereocenters. The Morgan fingerprint density at radius 1 is 0.963 bits per heavy atom. The smallest absolute Gasteiger partial charge is 0.228 e. The Kier molecular flexibility index (Phi) is 4.89. The molecule has 0 N–H and O–H groups in total. The summed E-state index contributed by atoms with van der Waals surface area (Å²) in [7, 11) is 0. The van der Waals surface area contributed by atoms with Crippen LogP contribution in [-0.2, 0) is 20.8 Å². The monoisotopic (exact) mass is 369 g/mol. The fourth-order valence-electron chi connectivity index (χ4n) is 4.17. The number of aryl methyl sites for hydroxylation is 1. The maximum atomic E-state index is 12.9. The molecule has 27 heavy (non-hydrogen) atoms. The number of amides is 3. The van der Waals surface area contributed by atoms with Crippen LogP contribution in [0.4, 0.5) is 5.69 Å². The number of hydrogen-bond acceptors (Lipinski definition) is 3. The quantitative estimate of drug-likeness (QED) is 0.811. The van der Waals surface area contributed by atoms with Gasteiger partial charge in [0.1, 0.15) is 0 Å². The van der Waals surface area contributed by atoms with Gasteiger partial charge in [0.15, 0.2) is 0 Å². The highest BCUT2D eigenvalue weighted by Gasteiger charge is 2.40. The highest BCUT2D eigenvalue weighted by atomic mass is 16.2. The summed E-state index contributed by atoms with van der Waals surface area (Å²) in [5, 5.41) is 0. The molecule has 3 fully saturated rings. The summed E-state index contributed by atoms with van der Waals surface area (Å²) in [5.41, 5.74) is 2.06. The van der Waals surface area contributed by atoms with Crippen molar-refractivity contribution in [1.82, 2.24) is 9.80 Å². The topological polar surface area (TPSA) is 60.9 Å². The van der Waals surface area contributed by atoms with Crippen LogP contribution < -0.4 is 4.90 Å². The largest absolute Gasteiger partial charge is 0.339 e. The second-order valence-corrected chi connectivity index (χ2v) is 7.81. The Morgan fingerprint density at radius 3 is 2.15 bits per heavy atom. The maximum absolute atomic E-state index is 12.9. The lowest BCUT2D eigenvalue weighted by Gasteiger charge is -2.36. The molecule has 1 saturated carbocycles. The molecule has 2 aliphatic heterocycles. The molecule has 3 amide bonds. The van der Waals surface area contributed by atoms with E-state index in [2.05, 4.69) is 6.92 Å². The van der Waals surface area contributed by atoms with Gasteiger partial charge in [0.05, 0.1) is 5.92 Å². The Balaban J connectivity index is 1.37. The summed E-state index contributed by atoms with van der Waals surface area (Å²) in [5.74, 6) is 0.274. The Labute approximate surface area is 160 Å². The second kappa shape index (κ2) is 7.33. The summed E-state index contributed by atoms with van der Waals surface area (Å²) in [6.45, 7) is 4.91. The Hall–Kier alpha value is -2.37. The van der Waals surface area contributed by atoms with Gasteiger partial charge in [0.2, 0.25) is 17.7 Å². The summed E-state index contributed by atoms with van der Waals surface area (Å²) < 4.78 is 0. The van der Waals surface area contributed by atoms with Gasteiger partial charge in [0.25, 0.3) is 0 Å². The highest BCUT2D eigenvalue weighted by molar-refractivity contribution is 6.00. The van der Waals surface area contributed by atoms with Gasteiger partial charge < -0.3 is 14.7 Å². The minimum Gasteiger partial charge on any atom is -0.339 e. The van der Waals surface area contributed by atoms with Gasteiger partial charge in [-0.25, -0.2) is 0 Å². The van der Waals surface area contributed by atoms with Crippen molar-refractivity contribution >= 4 is 23.4 Å². The molecule has 0 bridgehead atoms. The van der Waals surface area contributed by atoms with Crippen molar-refractivity contribution in [3.63, 3.8) is 0 Å². The first-order chi connectivity index (χ1) is 13.1. The van der Waals surface area contributed by atoms with Crippen LogP contribution in [0.15, 0.2) is 24.3 Å². The minimum absolute atomic E-state index is 0.0248. The van der Waals surface area contributed by atoms with E-state index < -0.39 is 0 Å².